The minimum absolute atomic E-state index is 0.0820. The molecule has 1 unspecified atom stereocenters. The first-order chi connectivity index (χ1) is 9.75. The molecule has 116 valence electrons. The van der Waals surface area contributed by atoms with Gasteiger partial charge in [-0.1, -0.05) is 0 Å². The number of sulfonamides is 1. The molecule has 1 heterocycles. The van der Waals surface area contributed by atoms with Crippen molar-refractivity contribution in [1.82, 2.24) is 4.31 Å². The Labute approximate surface area is 119 Å². The van der Waals surface area contributed by atoms with Gasteiger partial charge in [0.05, 0.1) is 6.10 Å². The summed E-state index contributed by atoms with van der Waals surface area (Å²) in [5.41, 5.74) is -1.31. The molecule has 0 bridgehead atoms. The van der Waals surface area contributed by atoms with Gasteiger partial charge in [-0.3, -0.25) is 0 Å². The minimum atomic E-state index is -4.33. The van der Waals surface area contributed by atoms with E-state index in [1.807, 2.05) is 0 Å². The third-order valence-electron chi connectivity index (χ3n) is 3.25. The zero-order chi connectivity index (χ0) is 15.8. The summed E-state index contributed by atoms with van der Waals surface area (Å²) >= 11 is 0. The zero-order valence-corrected chi connectivity index (χ0v) is 11.6. The van der Waals surface area contributed by atoms with E-state index in [1.165, 1.54) is 0 Å². The number of carbonyl (C=O) groups is 1. The van der Waals surface area contributed by atoms with Crippen LogP contribution in [0.3, 0.4) is 0 Å². The molecule has 6 nitrogen and oxygen atoms in total. The van der Waals surface area contributed by atoms with E-state index in [0.717, 1.165) is 4.31 Å². The fraction of sp³-hybridized carbons (Fsp3) is 0.417. The average Bonchev–Trinajstić information content (AvgIpc) is 2.37. The van der Waals surface area contributed by atoms with Gasteiger partial charge >= 0.3 is 5.97 Å². The molecule has 2 N–H and O–H groups in total. The first-order valence-electron chi connectivity index (χ1n) is 6.14. The lowest BCUT2D eigenvalue weighted by molar-refractivity contribution is 0.0685. The SMILES string of the molecule is O=C(O)c1c(F)ccc(S(=O)(=O)N2CCCC(O)C2)c1F. The largest absolute Gasteiger partial charge is 0.477 e. The highest BCUT2D eigenvalue weighted by Gasteiger charge is 2.34. The number of halogens is 2. The highest BCUT2D eigenvalue weighted by Crippen LogP contribution is 2.26. The highest BCUT2D eigenvalue weighted by molar-refractivity contribution is 7.89. The molecule has 0 amide bonds. The van der Waals surface area contributed by atoms with Gasteiger partial charge in [-0.25, -0.2) is 22.0 Å². The third-order valence-corrected chi connectivity index (χ3v) is 5.13. The van der Waals surface area contributed by atoms with Gasteiger partial charge in [0, 0.05) is 13.1 Å². The highest BCUT2D eigenvalue weighted by atomic mass is 32.2. The maximum absolute atomic E-state index is 14.0. The molecular weight excluding hydrogens is 308 g/mol. The quantitative estimate of drug-likeness (QED) is 0.859. The van der Waals surface area contributed by atoms with E-state index in [4.69, 9.17) is 5.11 Å². The molecule has 1 aliphatic heterocycles. The second-order valence-electron chi connectivity index (χ2n) is 4.70. The molecule has 1 fully saturated rings. The summed E-state index contributed by atoms with van der Waals surface area (Å²) < 4.78 is 52.8. The number of β-amino-alcohol motifs (C(OH)–C–C–N with tert-alkyl or cyclic N) is 1. The van der Waals surface area contributed by atoms with Gasteiger partial charge in [0.2, 0.25) is 10.0 Å². The van der Waals surface area contributed by atoms with Gasteiger partial charge in [0.15, 0.2) is 5.82 Å². The Balaban J connectivity index is 2.50. The lowest BCUT2D eigenvalue weighted by Crippen LogP contribution is -2.42. The van der Waals surface area contributed by atoms with Crippen LogP contribution in [0.4, 0.5) is 8.78 Å². The lowest BCUT2D eigenvalue weighted by atomic mass is 10.1. The molecule has 1 aromatic carbocycles. The summed E-state index contributed by atoms with van der Waals surface area (Å²) in [6.07, 6.45) is -0.0382. The maximum atomic E-state index is 14.0. The fourth-order valence-electron chi connectivity index (χ4n) is 2.21. The Bertz CT molecular complexity index is 676. The summed E-state index contributed by atoms with van der Waals surface area (Å²) in [5.74, 6) is -4.87. The number of aliphatic hydroxyl groups excluding tert-OH is 1. The second kappa shape index (κ2) is 5.66. The van der Waals surface area contributed by atoms with E-state index >= 15 is 0 Å². The number of aromatic carboxylic acids is 1. The molecule has 0 aromatic heterocycles. The molecule has 2 rings (SSSR count). The summed E-state index contributed by atoms with van der Waals surface area (Å²) in [7, 11) is -4.33. The zero-order valence-electron chi connectivity index (χ0n) is 10.8. The molecule has 1 aromatic rings. The predicted molar refractivity (Wildman–Crippen MR) is 67.3 cm³/mol. The molecule has 0 saturated carbocycles. The molecule has 9 heteroatoms. The van der Waals surface area contributed by atoms with Crippen LogP contribution in [0.15, 0.2) is 17.0 Å². The van der Waals surface area contributed by atoms with Crippen LogP contribution >= 0.6 is 0 Å². The van der Waals surface area contributed by atoms with E-state index in [1.54, 1.807) is 0 Å². The Kier molecular flexibility index (Phi) is 4.26. The molecule has 0 aliphatic carbocycles. The van der Waals surface area contributed by atoms with E-state index in [0.29, 0.717) is 25.0 Å². The number of rotatable bonds is 3. The molecular formula is C12H13F2NO5S. The van der Waals surface area contributed by atoms with Gasteiger partial charge in [-0.2, -0.15) is 4.31 Å². The van der Waals surface area contributed by atoms with Gasteiger partial charge in [0.1, 0.15) is 16.3 Å². The van der Waals surface area contributed by atoms with Crippen LogP contribution in [0.1, 0.15) is 23.2 Å². The van der Waals surface area contributed by atoms with Crippen molar-refractivity contribution in [2.45, 2.75) is 23.8 Å². The van der Waals surface area contributed by atoms with Gasteiger partial charge in [-0.15, -0.1) is 0 Å². The van der Waals surface area contributed by atoms with Crippen molar-refractivity contribution in [2.24, 2.45) is 0 Å². The first kappa shape index (κ1) is 15.8. The van der Waals surface area contributed by atoms with Crippen LogP contribution in [0.5, 0.6) is 0 Å². The summed E-state index contributed by atoms with van der Waals surface area (Å²) in [6, 6.07) is 1.28. The van der Waals surface area contributed by atoms with Crippen molar-refractivity contribution in [1.29, 1.82) is 0 Å². The summed E-state index contributed by atoms with van der Waals surface area (Å²) in [4.78, 5) is 9.91. The van der Waals surface area contributed by atoms with Crippen molar-refractivity contribution < 1.29 is 32.2 Å². The van der Waals surface area contributed by atoms with Crippen LogP contribution in [-0.4, -0.2) is 48.1 Å². The van der Waals surface area contributed by atoms with E-state index < -0.39 is 44.2 Å². The average molecular weight is 321 g/mol. The fourth-order valence-corrected chi connectivity index (χ4v) is 3.79. The Morgan fingerprint density at radius 1 is 1.33 bits per heavy atom. The van der Waals surface area contributed by atoms with Gasteiger partial charge in [-0.05, 0) is 25.0 Å². The number of hydrogen-bond donors (Lipinski definition) is 2. The Morgan fingerprint density at radius 2 is 2.00 bits per heavy atom. The van der Waals surface area contributed by atoms with Gasteiger partial charge in [0.25, 0.3) is 0 Å². The normalized spacial score (nSPS) is 20.4. The van der Waals surface area contributed by atoms with Crippen molar-refractivity contribution >= 4 is 16.0 Å². The van der Waals surface area contributed by atoms with Crippen LogP contribution in [-0.2, 0) is 10.0 Å². The molecule has 21 heavy (non-hydrogen) atoms. The second-order valence-corrected chi connectivity index (χ2v) is 6.61. The van der Waals surface area contributed by atoms with E-state index in [-0.39, 0.29) is 13.1 Å². The summed E-state index contributed by atoms with van der Waals surface area (Å²) in [6.45, 7) is -0.125. The minimum Gasteiger partial charge on any atom is -0.477 e. The number of hydrogen-bond acceptors (Lipinski definition) is 4. The standard InChI is InChI=1S/C12H13F2NO5S/c13-8-3-4-9(11(14)10(8)12(17)18)21(19,20)15-5-1-2-7(16)6-15/h3-4,7,16H,1-2,5-6H2,(H,17,18). The van der Waals surface area contributed by atoms with Crippen molar-refractivity contribution in [3.05, 3.63) is 29.3 Å². The van der Waals surface area contributed by atoms with Crippen molar-refractivity contribution in [3.63, 3.8) is 0 Å². The van der Waals surface area contributed by atoms with Crippen LogP contribution in [0.2, 0.25) is 0 Å². The molecule has 1 saturated heterocycles. The molecule has 1 aliphatic rings. The first-order valence-corrected chi connectivity index (χ1v) is 7.58. The smallest absolute Gasteiger partial charge is 0.341 e. The Hall–Kier alpha value is -1.58. The summed E-state index contributed by atoms with van der Waals surface area (Å²) in [5, 5.41) is 18.3. The van der Waals surface area contributed by atoms with Crippen LogP contribution in [0.25, 0.3) is 0 Å². The van der Waals surface area contributed by atoms with E-state index in [9.17, 15) is 27.1 Å². The number of nitrogens with zero attached hydrogens (tertiary/aromatic N) is 1. The molecule has 0 spiro atoms. The van der Waals surface area contributed by atoms with Crippen molar-refractivity contribution in [3.8, 4) is 0 Å². The number of carboxylic acid groups (broad SMARTS) is 1. The third kappa shape index (κ3) is 2.89. The number of carboxylic acids is 1. The predicted octanol–water partition coefficient (Wildman–Crippen LogP) is 0.808. The van der Waals surface area contributed by atoms with E-state index in [2.05, 4.69) is 0 Å². The Morgan fingerprint density at radius 3 is 2.57 bits per heavy atom. The number of benzene rings is 1. The topological polar surface area (TPSA) is 94.9 Å². The number of piperidine rings is 1. The monoisotopic (exact) mass is 321 g/mol. The molecule has 1 atom stereocenters. The maximum Gasteiger partial charge on any atom is 0.341 e. The number of aliphatic hydroxyl groups is 1. The molecule has 0 radical (unpaired) electrons. The van der Waals surface area contributed by atoms with Crippen LogP contribution in [0, 0.1) is 11.6 Å². The lowest BCUT2D eigenvalue weighted by Gasteiger charge is -2.29. The van der Waals surface area contributed by atoms with Gasteiger partial charge < -0.3 is 10.2 Å². The van der Waals surface area contributed by atoms with Crippen LogP contribution < -0.4 is 0 Å². The van der Waals surface area contributed by atoms with Crippen molar-refractivity contribution in [2.75, 3.05) is 13.1 Å².